The van der Waals surface area contributed by atoms with Crippen molar-refractivity contribution in [1.29, 1.82) is 0 Å². The number of allylic oxidation sites excluding steroid dienone is 2. The Labute approximate surface area is 98.1 Å². The maximum atomic E-state index is 11.8. The third-order valence-corrected chi connectivity index (χ3v) is 3.78. The molecular formula is C14H22O2. The van der Waals surface area contributed by atoms with Gasteiger partial charge >= 0.3 is 5.97 Å². The second-order valence-corrected chi connectivity index (χ2v) is 5.12. The zero-order valence-corrected chi connectivity index (χ0v) is 9.99. The Morgan fingerprint density at radius 2 is 1.94 bits per heavy atom. The summed E-state index contributed by atoms with van der Waals surface area (Å²) in [7, 11) is 0. The number of hydrogen-bond acceptors (Lipinski definition) is 2. The summed E-state index contributed by atoms with van der Waals surface area (Å²) in [5.74, 6) is 0.833. The van der Waals surface area contributed by atoms with Crippen LogP contribution in [0.3, 0.4) is 0 Å². The van der Waals surface area contributed by atoms with Gasteiger partial charge < -0.3 is 4.74 Å². The van der Waals surface area contributed by atoms with E-state index in [0.29, 0.717) is 12.5 Å². The van der Waals surface area contributed by atoms with E-state index in [1.807, 2.05) is 0 Å². The first kappa shape index (κ1) is 11.7. The number of carbonyl (C=O) groups is 1. The van der Waals surface area contributed by atoms with E-state index in [2.05, 4.69) is 12.2 Å². The van der Waals surface area contributed by atoms with E-state index in [0.717, 1.165) is 25.7 Å². The number of hydrogen-bond donors (Lipinski definition) is 0. The van der Waals surface area contributed by atoms with Gasteiger partial charge in [0, 0.05) is 0 Å². The number of ether oxygens (including phenoxy) is 1. The molecule has 0 aromatic rings. The fourth-order valence-corrected chi connectivity index (χ4v) is 2.66. The lowest BCUT2D eigenvalue weighted by Crippen LogP contribution is -2.23. The molecule has 0 N–H and O–H groups in total. The van der Waals surface area contributed by atoms with E-state index in [4.69, 9.17) is 4.74 Å². The van der Waals surface area contributed by atoms with Crippen LogP contribution in [0.5, 0.6) is 0 Å². The van der Waals surface area contributed by atoms with Crippen LogP contribution >= 0.6 is 0 Å². The predicted molar refractivity (Wildman–Crippen MR) is 64.0 cm³/mol. The van der Waals surface area contributed by atoms with E-state index in [1.54, 1.807) is 0 Å². The molecule has 16 heavy (non-hydrogen) atoms. The second-order valence-electron chi connectivity index (χ2n) is 5.12. The monoisotopic (exact) mass is 222 g/mol. The summed E-state index contributed by atoms with van der Waals surface area (Å²) in [6, 6.07) is 0. The predicted octanol–water partition coefficient (Wildman–Crippen LogP) is 3.47. The lowest BCUT2D eigenvalue weighted by molar-refractivity contribution is -0.151. The molecule has 0 aromatic carbocycles. The van der Waals surface area contributed by atoms with Crippen LogP contribution in [0.25, 0.3) is 0 Å². The first-order valence-electron chi connectivity index (χ1n) is 6.68. The topological polar surface area (TPSA) is 26.3 Å². The van der Waals surface area contributed by atoms with Gasteiger partial charge in [0.05, 0.1) is 12.5 Å². The molecule has 0 heterocycles. The standard InChI is InChI=1S/C14H22O2/c15-14(13-9-5-2-6-10-13)16-11-12-7-3-1-4-8-12/h1,3,12-13H,2,4-11H2. The van der Waals surface area contributed by atoms with Gasteiger partial charge in [0.15, 0.2) is 0 Å². The van der Waals surface area contributed by atoms with Crippen molar-refractivity contribution < 1.29 is 9.53 Å². The van der Waals surface area contributed by atoms with Crippen LogP contribution in [0, 0.1) is 11.8 Å². The number of rotatable bonds is 3. The van der Waals surface area contributed by atoms with Gasteiger partial charge in [0.2, 0.25) is 0 Å². The van der Waals surface area contributed by atoms with Crippen LogP contribution < -0.4 is 0 Å². The van der Waals surface area contributed by atoms with E-state index in [9.17, 15) is 4.79 Å². The molecule has 1 saturated carbocycles. The van der Waals surface area contributed by atoms with Crippen molar-refractivity contribution in [3.05, 3.63) is 12.2 Å². The summed E-state index contributed by atoms with van der Waals surface area (Å²) in [6.45, 7) is 0.639. The fourth-order valence-electron chi connectivity index (χ4n) is 2.66. The van der Waals surface area contributed by atoms with E-state index in [-0.39, 0.29) is 11.9 Å². The molecule has 2 aliphatic rings. The average Bonchev–Trinajstić information content (AvgIpc) is 2.38. The minimum Gasteiger partial charge on any atom is -0.465 e. The van der Waals surface area contributed by atoms with Crippen molar-refractivity contribution in [2.75, 3.05) is 6.61 Å². The molecule has 0 amide bonds. The SMILES string of the molecule is O=C(OCC1CC=CCC1)C1CCCCC1. The van der Waals surface area contributed by atoms with Gasteiger partial charge in [-0.25, -0.2) is 0 Å². The molecule has 1 fully saturated rings. The van der Waals surface area contributed by atoms with Crippen LogP contribution in [0.4, 0.5) is 0 Å². The first-order chi connectivity index (χ1) is 7.86. The number of carbonyl (C=O) groups excluding carboxylic acids is 1. The van der Waals surface area contributed by atoms with Gasteiger partial charge in [-0.05, 0) is 38.0 Å². The van der Waals surface area contributed by atoms with Gasteiger partial charge in [-0.15, -0.1) is 0 Å². The number of esters is 1. The lowest BCUT2D eigenvalue weighted by Gasteiger charge is -2.22. The van der Waals surface area contributed by atoms with E-state index in [1.165, 1.54) is 25.7 Å². The van der Waals surface area contributed by atoms with Gasteiger partial charge in [0.25, 0.3) is 0 Å². The molecule has 2 aliphatic carbocycles. The normalized spacial score (nSPS) is 26.6. The Morgan fingerprint density at radius 1 is 1.12 bits per heavy atom. The Morgan fingerprint density at radius 3 is 2.62 bits per heavy atom. The minimum absolute atomic E-state index is 0.0641. The van der Waals surface area contributed by atoms with Crippen molar-refractivity contribution in [2.45, 2.75) is 51.4 Å². The highest BCUT2D eigenvalue weighted by molar-refractivity contribution is 5.72. The van der Waals surface area contributed by atoms with E-state index < -0.39 is 0 Å². The van der Waals surface area contributed by atoms with Crippen LogP contribution in [0.1, 0.15) is 51.4 Å². The lowest BCUT2D eigenvalue weighted by atomic mass is 9.89. The summed E-state index contributed by atoms with van der Waals surface area (Å²) in [5, 5.41) is 0. The van der Waals surface area contributed by atoms with Crippen molar-refractivity contribution in [1.82, 2.24) is 0 Å². The second kappa shape index (κ2) is 6.07. The maximum absolute atomic E-state index is 11.8. The van der Waals surface area contributed by atoms with Crippen LogP contribution in [0.2, 0.25) is 0 Å². The highest BCUT2D eigenvalue weighted by Gasteiger charge is 2.23. The fraction of sp³-hybridized carbons (Fsp3) is 0.786. The van der Waals surface area contributed by atoms with Crippen molar-refractivity contribution in [2.24, 2.45) is 11.8 Å². The van der Waals surface area contributed by atoms with Gasteiger partial charge in [-0.1, -0.05) is 31.4 Å². The molecule has 2 rings (SSSR count). The van der Waals surface area contributed by atoms with Crippen LogP contribution in [0.15, 0.2) is 12.2 Å². The molecule has 90 valence electrons. The summed E-state index contributed by atoms with van der Waals surface area (Å²) in [4.78, 5) is 11.8. The smallest absolute Gasteiger partial charge is 0.308 e. The quantitative estimate of drug-likeness (QED) is 0.540. The molecule has 0 aromatic heterocycles. The third-order valence-electron chi connectivity index (χ3n) is 3.78. The summed E-state index contributed by atoms with van der Waals surface area (Å²) in [6.07, 6.45) is 13.6. The molecule has 1 atom stereocenters. The zero-order chi connectivity index (χ0) is 11.2. The van der Waals surface area contributed by atoms with E-state index >= 15 is 0 Å². The molecule has 0 bridgehead atoms. The summed E-state index contributed by atoms with van der Waals surface area (Å²) >= 11 is 0. The van der Waals surface area contributed by atoms with Gasteiger partial charge in [-0.2, -0.15) is 0 Å². The molecule has 2 heteroatoms. The molecule has 1 unspecified atom stereocenters. The summed E-state index contributed by atoms with van der Waals surface area (Å²) in [5.41, 5.74) is 0. The first-order valence-corrected chi connectivity index (χ1v) is 6.68. The Hall–Kier alpha value is -0.790. The molecule has 2 nitrogen and oxygen atoms in total. The van der Waals surface area contributed by atoms with Crippen molar-refractivity contribution in [3.8, 4) is 0 Å². The molecule has 0 aliphatic heterocycles. The summed E-state index contributed by atoms with van der Waals surface area (Å²) < 4.78 is 5.45. The maximum Gasteiger partial charge on any atom is 0.308 e. The van der Waals surface area contributed by atoms with Crippen LogP contribution in [-0.2, 0) is 9.53 Å². The highest BCUT2D eigenvalue weighted by atomic mass is 16.5. The van der Waals surface area contributed by atoms with Crippen LogP contribution in [-0.4, -0.2) is 12.6 Å². The van der Waals surface area contributed by atoms with Gasteiger partial charge in [0.1, 0.15) is 0 Å². The molecule has 0 spiro atoms. The molecular weight excluding hydrogens is 200 g/mol. The van der Waals surface area contributed by atoms with Gasteiger partial charge in [-0.3, -0.25) is 4.79 Å². The average molecular weight is 222 g/mol. The molecule has 0 saturated heterocycles. The minimum atomic E-state index is 0.0641. The Bertz CT molecular complexity index is 251. The van der Waals surface area contributed by atoms with Crippen molar-refractivity contribution >= 4 is 5.97 Å². The Kier molecular flexibility index (Phi) is 4.44. The molecule has 0 radical (unpaired) electrons. The van der Waals surface area contributed by atoms with Crippen molar-refractivity contribution in [3.63, 3.8) is 0 Å². The largest absolute Gasteiger partial charge is 0.465 e. The Balaban J connectivity index is 1.68. The third kappa shape index (κ3) is 3.36. The zero-order valence-electron chi connectivity index (χ0n) is 9.99. The highest BCUT2D eigenvalue weighted by Crippen LogP contribution is 2.25.